The van der Waals surface area contributed by atoms with Crippen LogP contribution in [-0.4, -0.2) is 39.9 Å². The van der Waals surface area contributed by atoms with E-state index in [9.17, 15) is 8.42 Å². The molecule has 1 unspecified atom stereocenters. The molecule has 0 saturated carbocycles. The second-order valence-corrected chi connectivity index (χ2v) is 9.78. The number of hydrogen-bond acceptors (Lipinski definition) is 6. The zero-order valence-electron chi connectivity index (χ0n) is 16.7. The number of methoxy groups -OCH3 is 2. The van der Waals surface area contributed by atoms with Crippen LogP contribution in [0, 0.1) is 0 Å². The fourth-order valence-electron chi connectivity index (χ4n) is 3.78. The predicted molar refractivity (Wildman–Crippen MR) is 117 cm³/mol. The van der Waals surface area contributed by atoms with E-state index < -0.39 is 10.0 Å². The lowest BCUT2D eigenvalue weighted by Crippen LogP contribution is -2.34. The van der Waals surface area contributed by atoms with Gasteiger partial charge in [-0.3, -0.25) is 4.31 Å². The van der Waals surface area contributed by atoms with Crippen molar-refractivity contribution in [2.45, 2.75) is 19.4 Å². The highest BCUT2D eigenvalue weighted by atomic mass is 32.2. The third-order valence-electron chi connectivity index (χ3n) is 5.02. The van der Waals surface area contributed by atoms with E-state index in [2.05, 4.69) is 0 Å². The quantitative estimate of drug-likeness (QED) is 0.607. The van der Waals surface area contributed by atoms with E-state index in [-0.39, 0.29) is 6.04 Å². The van der Waals surface area contributed by atoms with Gasteiger partial charge in [-0.2, -0.15) is 0 Å². The van der Waals surface area contributed by atoms with Crippen LogP contribution in [-0.2, 0) is 16.4 Å². The van der Waals surface area contributed by atoms with Crippen LogP contribution in [0.1, 0.15) is 12.5 Å². The molecule has 4 rings (SSSR count). The van der Waals surface area contributed by atoms with Gasteiger partial charge in [0.05, 0.1) is 31.9 Å². The van der Waals surface area contributed by atoms with E-state index in [0.717, 1.165) is 33.1 Å². The lowest BCUT2D eigenvalue weighted by atomic mass is 10.1. The molecule has 0 N–H and O–H groups in total. The number of rotatable bonds is 5. The third-order valence-corrected chi connectivity index (χ3v) is 7.18. The summed E-state index contributed by atoms with van der Waals surface area (Å²) in [6.45, 7) is 1.93. The first-order valence-electron chi connectivity index (χ1n) is 9.12. The van der Waals surface area contributed by atoms with Crippen molar-refractivity contribution in [3.05, 3.63) is 47.3 Å². The van der Waals surface area contributed by atoms with Gasteiger partial charge in [0.1, 0.15) is 5.01 Å². The number of ether oxygens (including phenoxy) is 2. The molecule has 8 heteroatoms. The molecule has 1 atom stereocenters. The van der Waals surface area contributed by atoms with Crippen LogP contribution in [0.25, 0.3) is 21.8 Å². The maximum atomic E-state index is 12.1. The summed E-state index contributed by atoms with van der Waals surface area (Å²) >= 11 is 1.55. The minimum Gasteiger partial charge on any atom is -0.493 e. The van der Waals surface area contributed by atoms with Crippen LogP contribution < -0.4 is 13.8 Å². The standard InChI is InChI=1S/C21H22N2O4S2/c1-13-9-16-10-14(5-7-18(16)23(13)29(4,24)25)17-12-28-21(22-17)15-6-8-19(26-2)20(11-15)27-3/h5-8,10-13H,9H2,1-4H3. The normalized spacial score (nSPS) is 16.0. The molecule has 6 nitrogen and oxygen atoms in total. The molecule has 0 amide bonds. The number of thiazole rings is 1. The van der Waals surface area contributed by atoms with E-state index in [1.165, 1.54) is 10.6 Å². The Balaban J connectivity index is 1.67. The summed E-state index contributed by atoms with van der Waals surface area (Å²) in [6.07, 6.45) is 1.95. The third kappa shape index (κ3) is 3.58. The van der Waals surface area contributed by atoms with Gasteiger partial charge in [0.25, 0.3) is 0 Å². The van der Waals surface area contributed by atoms with Crippen LogP contribution in [0.15, 0.2) is 41.8 Å². The second kappa shape index (κ2) is 7.35. The highest BCUT2D eigenvalue weighted by Crippen LogP contribution is 2.39. The molecule has 1 aromatic heterocycles. The highest BCUT2D eigenvalue weighted by molar-refractivity contribution is 7.92. The van der Waals surface area contributed by atoms with Crippen molar-refractivity contribution in [2.75, 3.05) is 24.8 Å². The molecular weight excluding hydrogens is 408 g/mol. The number of hydrogen-bond donors (Lipinski definition) is 0. The van der Waals surface area contributed by atoms with E-state index in [0.29, 0.717) is 17.9 Å². The number of nitrogens with zero attached hydrogens (tertiary/aromatic N) is 2. The Morgan fingerprint density at radius 2 is 1.79 bits per heavy atom. The molecule has 2 heterocycles. The van der Waals surface area contributed by atoms with Crippen molar-refractivity contribution >= 4 is 27.0 Å². The summed E-state index contributed by atoms with van der Waals surface area (Å²) in [5, 5.41) is 2.90. The summed E-state index contributed by atoms with van der Waals surface area (Å²) in [7, 11) is -0.0682. The first-order valence-corrected chi connectivity index (χ1v) is 11.8. The molecular formula is C21H22N2O4S2. The number of aromatic nitrogens is 1. The average molecular weight is 431 g/mol. The Kier molecular flexibility index (Phi) is 5.00. The summed E-state index contributed by atoms with van der Waals surface area (Å²) in [4.78, 5) is 4.78. The fraction of sp³-hybridized carbons (Fsp3) is 0.286. The van der Waals surface area contributed by atoms with Gasteiger partial charge in [-0.1, -0.05) is 6.07 Å². The predicted octanol–water partition coefficient (Wildman–Crippen LogP) is 4.20. The maximum absolute atomic E-state index is 12.1. The number of fused-ring (bicyclic) bond motifs is 1. The van der Waals surface area contributed by atoms with E-state index in [1.807, 2.05) is 48.7 Å². The molecule has 0 saturated heterocycles. The molecule has 0 radical (unpaired) electrons. The summed E-state index contributed by atoms with van der Waals surface area (Å²) in [5.41, 5.74) is 4.60. The van der Waals surface area contributed by atoms with Gasteiger partial charge in [-0.05, 0) is 49.2 Å². The van der Waals surface area contributed by atoms with E-state index >= 15 is 0 Å². The van der Waals surface area contributed by atoms with Crippen LogP contribution in [0.4, 0.5) is 5.69 Å². The first kappa shape index (κ1) is 19.7. The molecule has 0 aliphatic carbocycles. The van der Waals surface area contributed by atoms with Gasteiger partial charge >= 0.3 is 0 Å². The molecule has 29 heavy (non-hydrogen) atoms. The average Bonchev–Trinajstić information content (AvgIpc) is 3.30. The fourth-order valence-corrected chi connectivity index (χ4v) is 5.87. The summed E-state index contributed by atoms with van der Waals surface area (Å²) in [6, 6.07) is 11.5. The Bertz CT molecular complexity index is 1170. The van der Waals surface area contributed by atoms with Gasteiger partial charge in [0.2, 0.25) is 10.0 Å². The van der Waals surface area contributed by atoms with E-state index in [4.69, 9.17) is 14.5 Å². The van der Waals surface area contributed by atoms with Crippen molar-refractivity contribution < 1.29 is 17.9 Å². The van der Waals surface area contributed by atoms with Crippen molar-refractivity contribution in [1.82, 2.24) is 4.98 Å². The lowest BCUT2D eigenvalue weighted by Gasteiger charge is -2.21. The minimum absolute atomic E-state index is 0.0759. The monoisotopic (exact) mass is 430 g/mol. The Hall–Kier alpha value is -2.58. The molecule has 1 aliphatic heterocycles. The van der Waals surface area contributed by atoms with Crippen molar-refractivity contribution in [3.63, 3.8) is 0 Å². The van der Waals surface area contributed by atoms with Gasteiger partial charge in [-0.25, -0.2) is 13.4 Å². The highest BCUT2D eigenvalue weighted by Gasteiger charge is 2.32. The molecule has 152 valence electrons. The molecule has 0 bridgehead atoms. The zero-order valence-corrected chi connectivity index (χ0v) is 18.3. The molecule has 3 aromatic rings. The first-order chi connectivity index (χ1) is 13.8. The largest absolute Gasteiger partial charge is 0.493 e. The molecule has 2 aromatic carbocycles. The smallest absolute Gasteiger partial charge is 0.232 e. The van der Waals surface area contributed by atoms with Crippen LogP contribution in [0.5, 0.6) is 11.5 Å². The van der Waals surface area contributed by atoms with Crippen molar-refractivity contribution in [2.24, 2.45) is 0 Å². The van der Waals surface area contributed by atoms with Gasteiger partial charge in [0.15, 0.2) is 11.5 Å². The number of anilines is 1. The van der Waals surface area contributed by atoms with Gasteiger partial charge < -0.3 is 9.47 Å². The Morgan fingerprint density at radius 3 is 2.48 bits per heavy atom. The van der Waals surface area contributed by atoms with Crippen LogP contribution >= 0.6 is 11.3 Å². The SMILES string of the molecule is COc1ccc(-c2nc(-c3ccc4c(c3)CC(C)N4S(C)(=O)=O)cs2)cc1OC. The Morgan fingerprint density at radius 1 is 1.07 bits per heavy atom. The molecule has 0 fully saturated rings. The van der Waals surface area contributed by atoms with Crippen LogP contribution in [0.3, 0.4) is 0 Å². The Labute approximate surface area is 174 Å². The van der Waals surface area contributed by atoms with Crippen molar-refractivity contribution in [1.29, 1.82) is 0 Å². The zero-order chi connectivity index (χ0) is 20.8. The molecule has 0 spiro atoms. The number of sulfonamides is 1. The van der Waals surface area contributed by atoms with Gasteiger partial charge in [-0.15, -0.1) is 11.3 Å². The number of benzene rings is 2. The maximum Gasteiger partial charge on any atom is 0.232 e. The summed E-state index contributed by atoms with van der Waals surface area (Å²) < 4.78 is 36.4. The van der Waals surface area contributed by atoms with Gasteiger partial charge in [0, 0.05) is 22.5 Å². The lowest BCUT2D eigenvalue weighted by molar-refractivity contribution is 0.355. The van der Waals surface area contributed by atoms with Crippen molar-refractivity contribution in [3.8, 4) is 33.3 Å². The second-order valence-electron chi connectivity index (χ2n) is 7.06. The van der Waals surface area contributed by atoms with E-state index in [1.54, 1.807) is 25.6 Å². The summed E-state index contributed by atoms with van der Waals surface area (Å²) in [5.74, 6) is 1.34. The topological polar surface area (TPSA) is 68.7 Å². The van der Waals surface area contributed by atoms with Crippen LogP contribution in [0.2, 0.25) is 0 Å². The minimum atomic E-state index is -3.29. The molecule has 1 aliphatic rings.